The molecule has 1 N–H and O–H groups in total. The van der Waals surface area contributed by atoms with Gasteiger partial charge in [-0.3, -0.25) is 18.6 Å². The summed E-state index contributed by atoms with van der Waals surface area (Å²) in [6.45, 7) is 4.28. The summed E-state index contributed by atoms with van der Waals surface area (Å²) >= 11 is 0. The number of quaternary nitrogens is 1. The number of esters is 2. The van der Waals surface area contributed by atoms with Crippen LogP contribution < -0.4 is 0 Å². The van der Waals surface area contributed by atoms with E-state index in [1.165, 1.54) is 44.9 Å². The maximum absolute atomic E-state index is 12.7. The Kier molecular flexibility index (Phi) is 35.7. The Morgan fingerprint density at radius 2 is 1.02 bits per heavy atom. The highest BCUT2D eigenvalue weighted by molar-refractivity contribution is 7.47. The molecule has 0 aromatic carbocycles. The first-order valence-electron chi connectivity index (χ1n) is 21.5. The molecule has 0 fully saturated rings. The Balaban J connectivity index is 4.46. The summed E-state index contributed by atoms with van der Waals surface area (Å²) in [4.78, 5) is 35.3. The van der Waals surface area contributed by atoms with Crippen LogP contribution in [0.3, 0.4) is 0 Å². The van der Waals surface area contributed by atoms with E-state index in [1.54, 1.807) is 0 Å². The van der Waals surface area contributed by atoms with E-state index in [9.17, 15) is 19.0 Å². The largest absolute Gasteiger partial charge is 0.472 e. The number of unbranched alkanes of at least 4 members (excludes halogenated alkanes) is 14. The predicted octanol–water partition coefficient (Wildman–Crippen LogP) is 12.1. The first kappa shape index (κ1) is 52.7. The van der Waals surface area contributed by atoms with Crippen LogP contribution in [0.15, 0.2) is 60.8 Å². The number of carbonyl (C=O) groups excluding carboxylic acids is 2. The molecule has 0 aliphatic carbocycles. The number of hydrogen-bond acceptors (Lipinski definition) is 7. The average Bonchev–Trinajstić information content (AvgIpc) is 3.13. The number of hydrogen-bond donors (Lipinski definition) is 1. The van der Waals surface area contributed by atoms with E-state index in [1.807, 2.05) is 21.1 Å². The number of nitrogens with zero attached hydrogens (tertiary/aromatic N) is 1. The number of rotatable bonds is 38. The molecule has 0 rings (SSSR count). The second-order valence-electron chi connectivity index (χ2n) is 15.4. The van der Waals surface area contributed by atoms with Gasteiger partial charge < -0.3 is 18.9 Å². The van der Waals surface area contributed by atoms with E-state index < -0.39 is 32.5 Å². The van der Waals surface area contributed by atoms with Crippen molar-refractivity contribution in [1.29, 1.82) is 0 Å². The maximum atomic E-state index is 12.7. The van der Waals surface area contributed by atoms with E-state index in [-0.39, 0.29) is 26.1 Å². The summed E-state index contributed by atoms with van der Waals surface area (Å²) in [6.07, 6.45) is 44.1. The third-order valence-corrected chi connectivity index (χ3v) is 9.74. The molecule has 2 atom stereocenters. The minimum absolute atomic E-state index is 0.0223. The van der Waals surface area contributed by atoms with Crippen molar-refractivity contribution in [2.75, 3.05) is 47.5 Å². The van der Waals surface area contributed by atoms with Crippen LogP contribution in [0.1, 0.15) is 162 Å². The molecule has 0 spiro atoms. The van der Waals surface area contributed by atoms with E-state index in [2.05, 4.69) is 74.6 Å². The molecule has 0 aliphatic heterocycles. The molecule has 0 amide bonds. The van der Waals surface area contributed by atoms with Gasteiger partial charge >= 0.3 is 19.8 Å². The lowest BCUT2D eigenvalue weighted by Crippen LogP contribution is -2.37. The number of allylic oxidation sites excluding steroid dienone is 10. The van der Waals surface area contributed by atoms with Gasteiger partial charge in [-0.1, -0.05) is 132 Å². The van der Waals surface area contributed by atoms with E-state index in [0.717, 1.165) is 77.0 Å². The summed E-state index contributed by atoms with van der Waals surface area (Å²) in [7, 11) is 1.44. The highest BCUT2D eigenvalue weighted by Gasteiger charge is 2.27. The number of ether oxygens (including phenoxy) is 2. The van der Waals surface area contributed by atoms with Crippen LogP contribution in [0.5, 0.6) is 0 Å². The summed E-state index contributed by atoms with van der Waals surface area (Å²) in [6, 6.07) is 0. The zero-order valence-corrected chi connectivity index (χ0v) is 36.5. The quantitative estimate of drug-likeness (QED) is 0.0216. The predicted molar refractivity (Wildman–Crippen MR) is 229 cm³/mol. The van der Waals surface area contributed by atoms with Crippen LogP contribution in [-0.4, -0.2) is 74.9 Å². The van der Waals surface area contributed by atoms with Gasteiger partial charge in [0.05, 0.1) is 27.7 Å². The van der Waals surface area contributed by atoms with Crippen LogP contribution in [-0.2, 0) is 32.7 Å². The standard InChI is InChI=1S/C45H80NO8P/c1-6-8-10-12-14-16-18-20-22-23-24-26-27-29-31-33-35-37-44(47)51-41-43(42-53-55(49,50)52-40-39-46(3,4)5)54-45(48)38-36-34-32-30-28-25-21-19-17-15-13-11-9-7-2/h10,12,16,18-19,21-23,26-27,43H,6-9,11,13-15,17,20,24-25,28-42H2,1-5H3/p+1/b12-10+,18-16+,21-19+,23-22+,27-26+/t43-/m1/s1. The SMILES string of the molecule is CCC/C=C/C/C=C/C/C=C/C/C=C/CCCCCC(=O)OC[C@H](COP(=O)(O)OCC[N+](C)(C)C)OC(=O)CCCCCCC/C=C/CCCCCCC. The van der Waals surface area contributed by atoms with Crippen LogP contribution in [0.25, 0.3) is 0 Å². The maximum Gasteiger partial charge on any atom is 0.472 e. The lowest BCUT2D eigenvalue weighted by atomic mass is 10.1. The number of phosphoric acid groups is 1. The molecule has 0 saturated heterocycles. The van der Waals surface area contributed by atoms with Crippen molar-refractivity contribution in [3.05, 3.63) is 60.8 Å². The molecule has 0 saturated carbocycles. The first-order chi connectivity index (χ1) is 26.5. The van der Waals surface area contributed by atoms with Gasteiger partial charge in [0.15, 0.2) is 6.10 Å². The molecule has 318 valence electrons. The molecule has 0 bridgehead atoms. The Labute approximate surface area is 336 Å². The topological polar surface area (TPSA) is 108 Å². The van der Waals surface area contributed by atoms with Crippen LogP contribution in [0.2, 0.25) is 0 Å². The van der Waals surface area contributed by atoms with E-state index in [4.69, 9.17) is 18.5 Å². The number of likely N-dealkylation sites (N-methyl/N-ethyl adjacent to an activating group) is 1. The molecule has 0 aromatic rings. The normalized spacial score (nSPS) is 14.2. The Morgan fingerprint density at radius 1 is 0.564 bits per heavy atom. The van der Waals surface area contributed by atoms with Crippen molar-refractivity contribution in [3.63, 3.8) is 0 Å². The van der Waals surface area contributed by atoms with Gasteiger partial charge in [-0.2, -0.15) is 0 Å². The molecular formula is C45H81NO8P+. The molecule has 0 aromatic heterocycles. The fourth-order valence-electron chi connectivity index (χ4n) is 5.35. The number of carbonyl (C=O) groups is 2. The average molecular weight is 795 g/mol. The van der Waals surface area contributed by atoms with Gasteiger partial charge in [0.2, 0.25) is 0 Å². The highest BCUT2D eigenvalue weighted by Crippen LogP contribution is 2.43. The summed E-state index contributed by atoms with van der Waals surface area (Å²) in [5, 5.41) is 0. The second-order valence-corrected chi connectivity index (χ2v) is 16.8. The third-order valence-electron chi connectivity index (χ3n) is 8.75. The van der Waals surface area contributed by atoms with Crippen molar-refractivity contribution in [2.45, 2.75) is 168 Å². The molecule has 0 aliphatic rings. The van der Waals surface area contributed by atoms with Gasteiger partial charge in [-0.15, -0.1) is 0 Å². The fraction of sp³-hybridized carbons (Fsp3) is 0.733. The lowest BCUT2D eigenvalue weighted by Gasteiger charge is -2.24. The van der Waals surface area contributed by atoms with Gasteiger partial charge in [-0.25, -0.2) is 4.57 Å². The number of phosphoric ester groups is 1. The van der Waals surface area contributed by atoms with Gasteiger partial charge in [0.25, 0.3) is 0 Å². The first-order valence-corrected chi connectivity index (χ1v) is 23.0. The Bertz CT molecular complexity index is 1120. The van der Waals surface area contributed by atoms with Crippen LogP contribution in [0.4, 0.5) is 0 Å². The van der Waals surface area contributed by atoms with Crippen molar-refractivity contribution < 1.29 is 42.1 Å². The zero-order valence-electron chi connectivity index (χ0n) is 35.6. The lowest BCUT2D eigenvalue weighted by molar-refractivity contribution is -0.870. The van der Waals surface area contributed by atoms with Crippen LogP contribution in [0, 0.1) is 0 Å². The van der Waals surface area contributed by atoms with Gasteiger partial charge in [-0.05, 0) is 77.0 Å². The monoisotopic (exact) mass is 795 g/mol. The van der Waals surface area contributed by atoms with E-state index >= 15 is 0 Å². The fourth-order valence-corrected chi connectivity index (χ4v) is 6.09. The van der Waals surface area contributed by atoms with E-state index in [0.29, 0.717) is 23.9 Å². The molecule has 9 nitrogen and oxygen atoms in total. The third kappa shape index (κ3) is 41.2. The van der Waals surface area contributed by atoms with Crippen molar-refractivity contribution >= 4 is 19.8 Å². The summed E-state index contributed by atoms with van der Waals surface area (Å²) < 4.78 is 34.2. The molecule has 10 heteroatoms. The molecule has 0 radical (unpaired) electrons. The zero-order chi connectivity index (χ0) is 40.7. The molecule has 55 heavy (non-hydrogen) atoms. The summed E-state index contributed by atoms with van der Waals surface area (Å²) in [5.74, 6) is -0.850. The van der Waals surface area contributed by atoms with Crippen LogP contribution >= 0.6 is 7.82 Å². The Morgan fingerprint density at radius 3 is 1.56 bits per heavy atom. The smallest absolute Gasteiger partial charge is 0.462 e. The van der Waals surface area contributed by atoms with Gasteiger partial charge in [0.1, 0.15) is 19.8 Å². The van der Waals surface area contributed by atoms with Crippen molar-refractivity contribution in [1.82, 2.24) is 0 Å². The van der Waals surface area contributed by atoms with Gasteiger partial charge in [0, 0.05) is 12.8 Å². The second kappa shape index (κ2) is 37.3. The minimum Gasteiger partial charge on any atom is -0.462 e. The molecule has 0 heterocycles. The molecule has 1 unspecified atom stereocenters. The summed E-state index contributed by atoms with van der Waals surface area (Å²) in [5.41, 5.74) is 0. The highest BCUT2D eigenvalue weighted by atomic mass is 31.2. The minimum atomic E-state index is -4.38. The van der Waals surface area contributed by atoms with Crippen molar-refractivity contribution in [3.8, 4) is 0 Å². The van der Waals surface area contributed by atoms with Crippen molar-refractivity contribution in [2.24, 2.45) is 0 Å². The Hall–Kier alpha value is -2.29. The molecular weight excluding hydrogens is 713 g/mol.